The van der Waals surface area contributed by atoms with Gasteiger partial charge in [0.15, 0.2) is 0 Å². The van der Waals surface area contributed by atoms with Gasteiger partial charge in [0.1, 0.15) is 0 Å². The summed E-state index contributed by atoms with van der Waals surface area (Å²) in [5.41, 5.74) is 0. The standard InChI is InChI=1S/C12H23NO2/c1-9-4-3-5-11(9)8-13-12(15)7-6-10(2)14/h9-11,14H,3-8H2,1-2H3,(H,13,15). The molecule has 0 aliphatic heterocycles. The molecule has 2 N–H and O–H groups in total. The van der Waals surface area contributed by atoms with Crippen LogP contribution in [-0.4, -0.2) is 23.7 Å². The van der Waals surface area contributed by atoms with Crippen molar-refractivity contribution in [3.8, 4) is 0 Å². The van der Waals surface area contributed by atoms with E-state index in [2.05, 4.69) is 12.2 Å². The lowest BCUT2D eigenvalue weighted by atomic mass is 9.98. The zero-order valence-electron chi connectivity index (χ0n) is 9.83. The minimum atomic E-state index is -0.374. The maximum atomic E-state index is 11.4. The summed E-state index contributed by atoms with van der Waals surface area (Å²) in [6, 6.07) is 0. The Morgan fingerprint density at radius 2 is 2.27 bits per heavy atom. The lowest BCUT2D eigenvalue weighted by Gasteiger charge is -2.16. The molecule has 0 saturated heterocycles. The monoisotopic (exact) mass is 213 g/mol. The quantitative estimate of drug-likeness (QED) is 0.730. The molecule has 0 heterocycles. The van der Waals surface area contributed by atoms with E-state index >= 15 is 0 Å². The van der Waals surface area contributed by atoms with Gasteiger partial charge in [-0.25, -0.2) is 0 Å². The fraction of sp³-hybridized carbons (Fsp3) is 0.917. The largest absolute Gasteiger partial charge is 0.393 e. The van der Waals surface area contributed by atoms with E-state index in [9.17, 15) is 4.79 Å². The summed E-state index contributed by atoms with van der Waals surface area (Å²) < 4.78 is 0. The molecule has 3 nitrogen and oxygen atoms in total. The summed E-state index contributed by atoms with van der Waals surface area (Å²) in [6.07, 6.45) is 4.48. The van der Waals surface area contributed by atoms with Gasteiger partial charge in [-0.1, -0.05) is 19.8 Å². The average molecular weight is 213 g/mol. The first-order valence-corrected chi connectivity index (χ1v) is 6.04. The second-order valence-electron chi connectivity index (χ2n) is 4.86. The molecule has 1 aliphatic rings. The summed E-state index contributed by atoms with van der Waals surface area (Å²) in [5, 5.41) is 12.0. The molecule has 88 valence electrons. The highest BCUT2D eigenvalue weighted by Gasteiger charge is 2.23. The summed E-state index contributed by atoms with van der Waals surface area (Å²) in [6.45, 7) is 4.80. The number of rotatable bonds is 5. The van der Waals surface area contributed by atoms with Crippen LogP contribution in [0.5, 0.6) is 0 Å². The Balaban J connectivity index is 2.11. The molecular formula is C12H23NO2. The molecule has 0 aromatic heterocycles. The Bertz CT molecular complexity index is 204. The summed E-state index contributed by atoms with van der Waals surface area (Å²) in [7, 11) is 0. The van der Waals surface area contributed by atoms with Gasteiger partial charge in [-0.15, -0.1) is 0 Å². The summed E-state index contributed by atoms with van der Waals surface area (Å²) in [5.74, 6) is 1.50. The lowest BCUT2D eigenvalue weighted by Crippen LogP contribution is -2.30. The molecule has 0 radical (unpaired) electrons. The molecule has 1 rings (SSSR count). The molecule has 3 unspecified atom stereocenters. The summed E-state index contributed by atoms with van der Waals surface area (Å²) >= 11 is 0. The predicted octanol–water partition coefficient (Wildman–Crippen LogP) is 1.70. The van der Waals surface area contributed by atoms with Gasteiger partial charge in [-0.05, 0) is 31.6 Å². The number of nitrogens with one attached hydrogen (secondary N) is 1. The zero-order chi connectivity index (χ0) is 11.3. The third-order valence-corrected chi connectivity index (χ3v) is 3.39. The lowest BCUT2D eigenvalue weighted by molar-refractivity contribution is -0.121. The maximum Gasteiger partial charge on any atom is 0.220 e. The number of hydrogen-bond donors (Lipinski definition) is 2. The van der Waals surface area contributed by atoms with Crippen molar-refractivity contribution in [3.63, 3.8) is 0 Å². The van der Waals surface area contributed by atoms with Crippen molar-refractivity contribution in [2.75, 3.05) is 6.54 Å². The Labute approximate surface area is 92.3 Å². The molecule has 3 atom stereocenters. The highest BCUT2D eigenvalue weighted by atomic mass is 16.3. The van der Waals surface area contributed by atoms with Gasteiger partial charge in [0.25, 0.3) is 0 Å². The number of aliphatic hydroxyl groups excluding tert-OH is 1. The summed E-state index contributed by atoms with van der Waals surface area (Å²) in [4.78, 5) is 11.4. The van der Waals surface area contributed by atoms with Crippen molar-refractivity contribution >= 4 is 5.91 Å². The van der Waals surface area contributed by atoms with E-state index in [1.807, 2.05) is 0 Å². The van der Waals surface area contributed by atoms with Crippen LogP contribution in [0.25, 0.3) is 0 Å². The van der Waals surface area contributed by atoms with E-state index in [1.54, 1.807) is 6.92 Å². The Kier molecular flexibility index (Phi) is 5.09. The van der Waals surface area contributed by atoms with Crippen molar-refractivity contribution in [2.45, 2.75) is 52.1 Å². The number of amides is 1. The van der Waals surface area contributed by atoms with Gasteiger partial charge in [0, 0.05) is 13.0 Å². The molecule has 15 heavy (non-hydrogen) atoms. The average Bonchev–Trinajstić information content (AvgIpc) is 2.58. The highest BCUT2D eigenvalue weighted by Crippen LogP contribution is 2.30. The molecule has 0 aromatic rings. The fourth-order valence-electron chi connectivity index (χ4n) is 2.20. The number of hydrogen-bond acceptors (Lipinski definition) is 2. The van der Waals surface area contributed by atoms with Gasteiger partial charge in [-0.2, -0.15) is 0 Å². The van der Waals surface area contributed by atoms with Crippen LogP contribution in [0.15, 0.2) is 0 Å². The van der Waals surface area contributed by atoms with Gasteiger partial charge < -0.3 is 10.4 Å². The zero-order valence-corrected chi connectivity index (χ0v) is 9.83. The molecule has 1 fully saturated rings. The molecule has 1 saturated carbocycles. The van der Waals surface area contributed by atoms with Crippen molar-refractivity contribution in [3.05, 3.63) is 0 Å². The Hall–Kier alpha value is -0.570. The first kappa shape index (κ1) is 12.5. The molecule has 1 amide bonds. The molecule has 0 spiro atoms. The van der Waals surface area contributed by atoms with E-state index in [4.69, 9.17) is 5.11 Å². The molecule has 0 aromatic carbocycles. The number of carbonyl (C=O) groups is 1. The van der Waals surface area contributed by atoms with Crippen molar-refractivity contribution in [2.24, 2.45) is 11.8 Å². The SMILES string of the molecule is CC(O)CCC(=O)NCC1CCCC1C. The van der Waals surface area contributed by atoms with Crippen molar-refractivity contribution in [1.82, 2.24) is 5.32 Å². The van der Waals surface area contributed by atoms with Crippen molar-refractivity contribution in [1.29, 1.82) is 0 Å². The third-order valence-electron chi connectivity index (χ3n) is 3.39. The van der Waals surface area contributed by atoms with Crippen LogP contribution in [0.2, 0.25) is 0 Å². The Morgan fingerprint density at radius 1 is 1.53 bits per heavy atom. The minimum Gasteiger partial charge on any atom is -0.393 e. The van der Waals surface area contributed by atoms with E-state index in [-0.39, 0.29) is 12.0 Å². The van der Waals surface area contributed by atoms with E-state index in [1.165, 1.54) is 19.3 Å². The van der Waals surface area contributed by atoms with Crippen LogP contribution in [-0.2, 0) is 4.79 Å². The number of aliphatic hydroxyl groups is 1. The third kappa shape index (κ3) is 4.65. The van der Waals surface area contributed by atoms with Crippen LogP contribution in [0, 0.1) is 11.8 Å². The fourth-order valence-corrected chi connectivity index (χ4v) is 2.20. The molecule has 3 heteroatoms. The Morgan fingerprint density at radius 3 is 2.80 bits per heavy atom. The first-order valence-electron chi connectivity index (χ1n) is 6.04. The molecule has 1 aliphatic carbocycles. The normalized spacial score (nSPS) is 27.7. The van der Waals surface area contributed by atoms with Crippen LogP contribution < -0.4 is 5.32 Å². The van der Waals surface area contributed by atoms with E-state index in [0.717, 1.165) is 12.5 Å². The van der Waals surface area contributed by atoms with Gasteiger partial charge >= 0.3 is 0 Å². The molecular weight excluding hydrogens is 190 g/mol. The van der Waals surface area contributed by atoms with E-state index < -0.39 is 0 Å². The van der Waals surface area contributed by atoms with E-state index in [0.29, 0.717) is 18.8 Å². The topological polar surface area (TPSA) is 49.3 Å². The van der Waals surface area contributed by atoms with Crippen LogP contribution in [0.1, 0.15) is 46.0 Å². The second-order valence-corrected chi connectivity index (χ2v) is 4.86. The van der Waals surface area contributed by atoms with Crippen LogP contribution >= 0.6 is 0 Å². The van der Waals surface area contributed by atoms with Gasteiger partial charge in [-0.3, -0.25) is 4.79 Å². The number of carbonyl (C=O) groups excluding carboxylic acids is 1. The van der Waals surface area contributed by atoms with Crippen molar-refractivity contribution < 1.29 is 9.90 Å². The van der Waals surface area contributed by atoms with Gasteiger partial charge in [0.05, 0.1) is 6.10 Å². The maximum absolute atomic E-state index is 11.4. The molecule has 0 bridgehead atoms. The highest BCUT2D eigenvalue weighted by molar-refractivity contribution is 5.75. The van der Waals surface area contributed by atoms with Gasteiger partial charge in [0.2, 0.25) is 5.91 Å². The van der Waals surface area contributed by atoms with Crippen LogP contribution in [0.3, 0.4) is 0 Å². The smallest absolute Gasteiger partial charge is 0.220 e. The predicted molar refractivity (Wildman–Crippen MR) is 60.4 cm³/mol. The first-order chi connectivity index (χ1) is 7.09. The van der Waals surface area contributed by atoms with Crippen LogP contribution in [0.4, 0.5) is 0 Å². The second kappa shape index (κ2) is 6.11. The minimum absolute atomic E-state index is 0.0787.